The number of sulfone groups is 1. The predicted molar refractivity (Wildman–Crippen MR) is 143 cm³/mol. The number of benzene rings is 4. The van der Waals surface area contributed by atoms with Crippen molar-refractivity contribution >= 4 is 48.5 Å². The summed E-state index contributed by atoms with van der Waals surface area (Å²) in [5.41, 5.74) is 6.18. The lowest BCUT2D eigenvalue weighted by molar-refractivity contribution is 0.594. The van der Waals surface area contributed by atoms with Gasteiger partial charge in [-0.05, 0) is 54.6 Å². The summed E-state index contributed by atoms with van der Waals surface area (Å²) >= 11 is 0. The molecule has 0 N–H and O–H groups in total. The van der Waals surface area contributed by atoms with E-state index in [9.17, 15) is 8.42 Å². The van der Waals surface area contributed by atoms with Crippen molar-refractivity contribution < 1.29 is 8.42 Å². The van der Waals surface area contributed by atoms with Crippen LogP contribution >= 0.6 is 0 Å². The van der Waals surface area contributed by atoms with Gasteiger partial charge < -0.3 is 0 Å². The Labute approximate surface area is 211 Å². The number of rotatable bonds is 2. The van der Waals surface area contributed by atoms with Gasteiger partial charge in [0, 0.05) is 17.4 Å². The molecular formula is C29H19N5O2S. The molecule has 0 aliphatic carbocycles. The Morgan fingerprint density at radius 3 is 2.41 bits per heavy atom. The molecule has 0 amide bonds. The molecule has 0 unspecified atom stereocenters. The van der Waals surface area contributed by atoms with E-state index in [0.29, 0.717) is 33.9 Å². The molecule has 7 nitrogen and oxygen atoms in total. The summed E-state index contributed by atoms with van der Waals surface area (Å²) in [6, 6.07) is 26.7. The van der Waals surface area contributed by atoms with Gasteiger partial charge in [-0.1, -0.05) is 37.3 Å². The maximum Gasteiger partial charge on any atom is 0.210 e. The van der Waals surface area contributed by atoms with Crippen LogP contribution in [0.3, 0.4) is 0 Å². The molecule has 8 heteroatoms. The van der Waals surface area contributed by atoms with Gasteiger partial charge in [-0.25, -0.2) is 23.4 Å². The molecule has 7 aromatic rings. The zero-order chi connectivity index (χ0) is 24.9. The number of hydrogen-bond donors (Lipinski definition) is 0. The Morgan fingerprint density at radius 2 is 1.54 bits per heavy atom. The second-order valence-corrected chi connectivity index (χ2v) is 11.1. The third-order valence-corrected chi connectivity index (χ3v) is 9.04. The maximum atomic E-state index is 13.7. The van der Waals surface area contributed by atoms with Gasteiger partial charge >= 0.3 is 0 Å². The average Bonchev–Trinajstić information content (AvgIpc) is 3.50. The number of aromatic nitrogens is 5. The highest BCUT2D eigenvalue weighted by molar-refractivity contribution is 7.92. The summed E-state index contributed by atoms with van der Waals surface area (Å²) in [7, 11) is -3.70. The molecule has 0 atom stereocenters. The summed E-state index contributed by atoms with van der Waals surface area (Å²) in [6.45, 7) is 2.03. The van der Waals surface area contributed by atoms with Gasteiger partial charge in [-0.15, -0.1) is 0 Å². The molecule has 178 valence electrons. The first-order chi connectivity index (χ1) is 18.1. The highest BCUT2D eigenvalue weighted by Crippen LogP contribution is 2.41. The Hall–Kier alpha value is -4.56. The molecule has 37 heavy (non-hydrogen) atoms. The highest BCUT2D eigenvalue weighted by atomic mass is 32.2. The van der Waals surface area contributed by atoms with E-state index in [1.807, 2.05) is 78.2 Å². The lowest BCUT2D eigenvalue weighted by Gasteiger charge is -2.21. The zero-order valence-corrected chi connectivity index (χ0v) is 20.6. The third kappa shape index (κ3) is 2.60. The summed E-state index contributed by atoms with van der Waals surface area (Å²) in [6.07, 6.45) is 0.669. The van der Waals surface area contributed by atoms with Crippen LogP contribution in [-0.4, -0.2) is 32.3 Å². The minimum atomic E-state index is -3.70. The number of aryl methyl sites for hydroxylation is 1. The van der Waals surface area contributed by atoms with Crippen molar-refractivity contribution in [2.24, 2.45) is 0 Å². The molecular weight excluding hydrogens is 482 g/mol. The van der Waals surface area contributed by atoms with Crippen LogP contribution in [0.25, 0.3) is 55.7 Å². The van der Waals surface area contributed by atoms with Crippen molar-refractivity contribution in [2.45, 2.75) is 23.1 Å². The number of imidazole rings is 2. The van der Waals surface area contributed by atoms with Crippen molar-refractivity contribution in [3.63, 3.8) is 0 Å². The summed E-state index contributed by atoms with van der Waals surface area (Å²) in [4.78, 5) is 15.3. The quantitative estimate of drug-likeness (QED) is 0.301. The van der Waals surface area contributed by atoms with Gasteiger partial charge in [-0.2, -0.15) is 0 Å². The Kier molecular flexibility index (Phi) is 3.91. The molecule has 3 aromatic heterocycles. The van der Waals surface area contributed by atoms with Crippen LogP contribution in [0.15, 0.2) is 94.7 Å². The average molecular weight is 502 g/mol. The summed E-state index contributed by atoms with van der Waals surface area (Å²) in [5, 5.41) is 0.960. The normalized spacial score (nSPS) is 14.1. The summed E-state index contributed by atoms with van der Waals surface area (Å²) in [5.74, 6) is 1.52. The van der Waals surface area contributed by atoms with Crippen LogP contribution < -0.4 is 0 Å². The van der Waals surface area contributed by atoms with E-state index in [2.05, 4.69) is 4.40 Å². The van der Waals surface area contributed by atoms with Crippen molar-refractivity contribution in [3.05, 3.63) is 90.8 Å². The fraction of sp³-hybridized carbons (Fsp3) is 0.0690. The van der Waals surface area contributed by atoms with Crippen LogP contribution in [0.4, 0.5) is 0 Å². The van der Waals surface area contributed by atoms with Crippen LogP contribution in [0.2, 0.25) is 0 Å². The second-order valence-electron chi connectivity index (χ2n) is 9.24. The molecule has 1 aliphatic rings. The predicted octanol–water partition coefficient (Wildman–Crippen LogP) is 5.75. The number of para-hydroxylation sites is 4. The van der Waals surface area contributed by atoms with Gasteiger partial charge in [-0.3, -0.25) is 8.97 Å². The molecule has 1 aliphatic heterocycles. The monoisotopic (exact) mass is 501 g/mol. The van der Waals surface area contributed by atoms with Crippen molar-refractivity contribution in [3.8, 4) is 17.1 Å². The van der Waals surface area contributed by atoms with E-state index in [0.717, 1.165) is 39.0 Å². The molecule has 8 rings (SSSR count). The Morgan fingerprint density at radius 1 is 0.757 bits per heavy atom. The third-order valence-electron chi connectivity index (χ3n) is 7.21. The fourth-order valence-corrected chi connectivity index (χ4v) is 7.19. The molecule has 0 bridgehead atoms. The van der Waals surface area contributed by atoms with Crippen LogP contribution in [0.5, 0.6) is 0 Å². The van der Waals surface area contributed by atoms with Gasteiger partial charge in [0.1, 0.15) is 17.3 Å². The SMILES string of the molecule is CCc1nc2cccc3c2n1-c1cc(-c2nc4ccccc4c4nc5ccccc5n24)ccc1S3(=O)=O. The van der Waals surface area contributed by atoms with E-state index in [-0.39, 0.29) is 4.90 Å². The number of hydrogen-bond acceptors (Lipinski definition) is 5. The van der Waals surface area contributed by atoms with E-state index in [1.165, 1.54) is 0 Å². The first kappa shape index (κ1) is 20.6. The fourth-order valence-electron chi connectivity index (χ4n) is 5.57. The molecule has 0 spiro atoms. The Balaban J connectivity index is 1.51. The molecule has 0 fully saturated rings. The van der Waals surface area contributed by atoms with Crippen LogP contribution in [0.1, 0.15) is 12.7 Å². The lowest BCUT2D eigenvalue weighted by atomic mass is 10.1. The zero-order valence-electron chi connectivity index (χ0n) is 19.8. The topological polar surface area (TPSA) is 82.2 Å². The van der Waals surface area contributed by atoms with E-state index < -0.39 is 9.84 Å². The van der Waals surface area contributed by atoms with Crippen molar-refractivity contribution in [2.75, 3.05) is 0 Å². The molecule has 0 saturated carbocycles. The van der Waals surface area contributed by atoms with E-state index in [4.69, 9.17) is 15.0 Å². The summed E-state index contributed by atoms with van der Waals surface area (Å²) < 4.78 is 31.4. The lowest BCUT2D eigenvalue weighted by Crippen LogP contribution is -2.16. The van der Waals surface area contributed by atoms with Crippen molar-refractivity contribution in [1.29, 1.82) is 0 Å². The Bertz CT molecular complexity index is 2210. The van der Waals surface area contributed by atoms with Crippen LogP contribution in [-0.2, 0) is 16.3 Å². The highest BCUT2D eigenvalue weighted by Gasteiger charge is 2.33. The molecule has 4 heterocycles. The molecule has 0 radical (unpaired) electrons. The van der Waals surface area contributed by atoms with Gasteiger partial charge in [0.05, 0.1) is 43.1 Å². The van der Waals surface area contributed by atoms with Gasteiger partial charge in [0.25, 0.3) is 0 Å². The maximum absolute atomic E-state index is 13.7. The van der Waals surface area contributed by atoms with Crippen LogP contribution in [0, 0.1) is 0 Å². The second kappa shape index (κ2) is 7.02. The van der Waals surface area contributed by atoms with Gasteiger partial charge in [0.15, 0.2) is 0 Å². The number of fused-ring (bicyclic) bond motifs is 7. The number of nitrogens with zero attached hydrogens (tertiary/aromatic N) is 5. The van der Waals surface area contributed by atoms with E-state index >= 15 is 0 Å². The minimum Gasteiger partial charge on any atom is -0.294 e. The minimum absolute atomic E-state index is 0.275. The first-order valence-corrected chi connectivity index (χ1v) is 13.6. The van der Waals surface area contributed by atoms with Crippen molar-refractivity contribution in [1.82, 2.24) is 23.9 Å². The molecule has 0 saturated heterocycles. The van der Waals surface area contributed by atoms with E-state index in [1.54, 1.807) is 18.2 Å². The smallest absolute Gasteiger partial charge is 0.210 e. The largest absolute Gasteiger partial charge is 0.294 e. The molecule has 4 aromatic carbocycles. The van der Waals surface area contributed by atoms with Gasteiger partial charge in [0.2, 0.25) is 9.84 Å². The standard InChI is InChI=1S/C29H19N5O2S/c1-2-26-30-21-11-7-13-25-27(21)33(26)23-16-17(14-15-24(23)37(25,35)36)28-31-19-9-4-3-8-18(19)29-32-20-10-5-6-12-22(20)34(28)29/h3-16H,2H2,1H3. The first-order valence-electron chi connectivity index (χ1n) is 12.1.